The maximum absolute atomic E-state index is 12.1. The molecule has 1 aromatic rings. The Morgan fingerprint density at radius 1 is 1.24 bits per heavy atom. The normalized spacial score (nSPS) is 17.3. The zero-order valence-electron chi connectivity index (χ0n) is 14.8. The number of hydrogen-bond donors (Lipinski definition) is 2. The summed E-state index contributed by atoms with van der Waals surface area (Å²) in [5.41, 5.74) is 3.47. The highest BCUT2D eigenvalue weighted by Crippen LogP contribution is 2.27. The molecule has 1 saturated heterocycles. The van der Waals surface area contributed by atoms with Gasteiger partial charge in [-0.3, -0.25) is 9.69 Å². The van der Waals surface area contributed by atoms with Gasteiger partial charge < -0.3 is 10.6 Å². The number of nitrogens with zero attached hydrogens (tertiary/aromatic N) is 1. The van der Waals surface area contributed by atoms with Gasteiger partial charge in [-0.15, -0.1) is 24.8 Å². The third-order valence-corrected chi connectivity index (χ3v) is 5.58. The minimum atomic E-state index is 0. The third kappa shape index (κ3) is 7.35. The van der Waals surface area contributed by atoms with Crippen molar-refractivity contribution < 1.29 is 4.79 Å². The monoisotopic (exact) mass is 405 g/mol. The Morgan fingerprint density at radius 3 is 2.64 bits per heavy atom. The fraction of sp³-hybridized carbons (Fsp3) is 0.611. The molecule has 2 N–H and O–H groups in total. The highest BCUT2D eigenvalue weighted by atomic mass is 35.5. The van der Waals surface area contributed by atoms with E-state index in [4.69, 9.17) is 0 Å². The number of rotatable bonds is 7. The molecule has 4 nitrogen and oxygen atoms in total. The van der Waals surface area contributed by atoms with Crippen molar-refractivity contribution >= 4 is 48.2 Å². The summed E-state index contributed by atoms with van der Waals surface area (Å²) in [6.07, 6.45) is 2.62. The highest BCUT2D eigenvalue weighted by Gasteiger charge is 2.20. The second-order valence-electron chi connectivity index (χ2n) is 6.60. The lowest BCUT2D eigenvalue weighted by Crippen LogP contribution is -2.32. The Morgan fingerprint density at radius 2 is 1.96 bits per heavy atom. The standard InChI is InChI=1S/C18H27N3OS.2ClH/c1-14-16(13-21-7-9-23-10-8-21)3-2-4-17(14)20-18(22)12-19-11-15-5-6-15;;/h2-4,15,19H,5-13H2,1H3,(H,20,22);2*1H. The number of thioether (sulfide) groups is 1. The van der Waals surface area contributed by atoms with Crippen LogP contribution in [0.2, 0.25) is 0 Å². The summed E-state index contributed by atoms with van der Waals surface area (Å²) in [5.74, 6) is 3.31. The maximum Gasteiger partial charge on any atom is 0.238 e. The Hall–Kier alpha value is -0.460. The minimum absolute atomic E-state index is 0. The molecular weight excluding hydrogens is 377 g/mol. The highest BCUT2D eigenvalue weighted by molar-refractivity contribution is 7.99. The number of carbonyl (C=O) groups is 1. The number of hydrogen-bond acceptors (Lipinski definition) is 4. The van der Waals surface area contributed by atoms with Crippen LogP contribution in [0.3, 0.4) is 0 Å². The molecule has 1 aromatic carbocycles. The number of nitrogens with one attached hydrogen (secondary N) is 2. The lowest BCUT2D eigenvalue weighted by Gasteiger charge is -2.27. The molecule has 0 aromatic heterocycles. The molecule has 1 aliphatic heterocycles. The van der Waals surface area contributed by atoms with Crippen molar-refractivity contribution in [3.05, 3.63) is 29.3 Å². The maximum atomic E-state index is 12.1. The molecule has 1 saturated carbocycles. The summed E-state index contributed by atoms with van der Waals surface area (Å²) in [5, 5.41) is 6.30. The van der Waals surface area contributed by atoms with E-state index in [-0.39, 0.29) is 30.7 Å². The average Bonchev–Trinajstić information content (AvgIpc) is 3.37. The first-order chi connectivity index (χ1) is 11.2. The molecule has 1 heterocycles. The summed E-state index contributed by atoms with van der Waals surface area (Å²) in [6, 6.07) is 6.23. The first kappa shape index (κ1) is 22.6. The van der Waals surface area contributed by atoms with Crippen LogP contribution in [-0.2, 0) is 11.3 Å². The quantitative estimate of drug-likeness (QED) is 0.729. The van der Waals surface area contributed by atoms with Crippen molar-refractivity contribution in [3.63, 3.8) is 0 Å². The molecule has 25 heavy (non-hydrogen) atoms. The van der Waals surface area contributed by atoms with Crippen LogP contribution < -0.4 is 10.6 Å². The summed E-state index contributed by atoms with van der Waals surface area (Å²) < 4.78 is 0. The van der Waals surface area contributed by atoms with Crippen LogP contribution in [0.25, 0.3) is 0 Å². The van der Waals surface area contributed by atoms with E-state index in [1.165, 1.54) is 35.5 Å². The van der Waals surface area contributed by atoms with Gasteiger partial charge in [0, 0.05) is 36.8 Å². The number of halogens is 2. The second-order valence-corrected chi connectivity index (χ2v) is 7.83. The number of anilines is 1. The lowest BCUT2D eigenvalue weighted by molar-refractivity contribution is -0.115. The van der Waals surface area contributed by atoms with Crippen LogP contribution in [0.15, 0.2) is 18.2 Å². The summed E-state index contributed by atoms with van der Waals surface area (Å²) >= 11 is 2.03. The van der Waals surface area contributed by atoms with Crippen LogP contribution in [0, 0.1) is 12.8 Å². The predicted molar refractivity (Wildman–Crippen MR) is 113 cm³/mol. The molecule has 1 amide bonds. The van der Waals surface area contributed by atoms with Crippen LogP contribution in [0.5, 0.6) is 0 Å². The van der Waals surface area contributed by atoms with E-state index in [1.807, 2.05) is 23.9 Å². The van der Waals surface area contributed by atoms with Gasteiger partial charge in [-0.1, -0.05) is 12.1 Å². The number of carbonyl (C=O) groups excluding carboxylic acids is 1. The van der Waals surface area contributed by atoms with Crippen molar-refractivity contribution in [3.8, 4) is 0 Å². The van der Waals surface area contributed by atoms with Gasteiger partial charge in [0.1, 0.15) is 0 Å². The van der Waals surface area contributed by atoms with E-state index in [0.29, 0.717) is 6.54 Å². The molecule has 1 aliphatic carbocycles. The van der Waals surface area contributed by atoms with Crippen molar-refractivity contribution in [1.29, 1.82) is 0 Å². The zero-order valence-corrected chi connectivity index (χ0v) is 17.2. The summed E-state index contributed by atoms with van der Waals surface area (Å²) in [4.78, 5) is 14.6. The number of amides is 1. The largest absolute Gasteiger partial charge is 0.325 e. The summed E-state index contributed by atoms with van der Waals surface area (Å²) in [7, 11) is 0. The van der Waals surface area contributed by atoms with Crippen molar-refractivity contribution in [2.45, 2.75) is 26.3 Å². The molecule has 2 aliphatic rings. The van der Waals surface area contributed by atoms with Gasteiger partial charge in [0.15, 0.2) is 0 Å². The van der Waals surface area contributed by atoms with Gasteiger partial charge in [-0.05, 0) is 49.4 Å². The van der Waals surface area contributed by atoms with E-state index in [9.17, 15) is 4.79 Å². The van der Waals surface area contributed by atoms with Crippen LogP contribution in [0.1, 0.15) is 24.0 Å². The Balaban J connectivity index is 0.00000156. The van der Waals surface area contributed by atoms with Crippen LogP contribution >= 0.6 is 36.6 Å². The van der Waals surface area contributed by atoms with Gasteiger partial charge in [-0.2, -0.15) is 11.8 Å². The fourth-order valence-electron chi connectivity index (χ4n) is 2.90. The van der Waals surface area contributed by atoms with Crippen LogP contribution in [0.4, 0.5) is 5.69 Å². The first-order valence-electron chi connectivity index (χ1n) is 8.61. The molecule has 0 radical (unpaired) electrons. The number of benzene rings is 1. The molecule has 7 heteroatoms. The van der Waals surface area contributed by atoms with Gasteiger partial charge in [0.05, 0.1) is 6.54 Å². The lowest BCUT2D eigenvalue weighted by atomic mass is 10.1. The Labute approximate surface area is 167 Å². The third-order valence-electron chi connectivity index (χ3n) is 4.63. The SMILES string of the molecule is Cc1c(CN2CCSCC2)cccc1NC(=O)CNCC1CC1.Cl.Cl. The topological polar surface area (TPSA) is 44.4 Å². The average molecular weight is 406 g/mol. The fourth-order valence-corrected chi connectivity index (χ4v) is 3.88. The smallest absolute Gasteiger partial charge is 0.238 e. The van der Waals surface area contributed by atoms with Crippen molar-refractivity contribution in [1.82, 2.24) is 10.2 Å². The molecule has 2 fully saturated rings. The molecule has 142 valence electrons. The molecule has 3 rings (SSSR count). The summed E-state index contributed by atoms with van der Waals surface area (Å²) in [6.45, 7) is 6.79. The van der Waals surface area contributed by atoms with Crippen molar-refractivity contribution in [2.75, 3.05) is 43.0 Å². The van der Waals surface area contributed by atoms with Crippen LogP contribution in [-0.4, -0.2) is 48.5 Å². The van der Waals surface area contributed by atoms with E-state index in [2.05, 4.69) is 28.5 Å². The first-order valence-corrected chi connectivity index (χ1v) is 9.77. The molecule has 0 bridgehead atoms. The van der Waals surface area contributed by atoms with Gasteiger partial charge in [-0.25, -0.2) is 0 Å². The Kier molecular flexibility index (Phi) is 10.2. The van der Waals surface area contributed by atoms with Gasteiger partial charge >= 0.3 is 0 Å². The van der Waals surface area contributed by atoms with Gasteiger partial charge in [0.2, 0.25) is 5.91 Å². The molecule has 0 atom stereocenters. The minimum Gasteiger partial charge on any atom is -0.325 e. The van der Waals surface area contributed by atoms with E-state index in [0.717, 1.165) is 37.8 Å². The zero-order chi connectivity index (χ0) is 16.1. The van der Waals surface area contributed by atoms with Gasteiger partial charge in [0.25, 0.3) is 0 Å². The van der Waals surface area contributed by atoms with E-state index in [1.54, 1.807) is 0 Å². The molecule has 0 unspecified atom stereocenters. The van der Waals surface area contributed by atoms with Crippen molar-refractivity contribution in [2.24, 2.45) is 5.92 Å². The second kappa shape index (κ2) is 11.3. The van der Waals surface area contributed by atoms with E-state index < -0.39 is 0 Å². The van der Waals surface area contributed by atoms with E-state index >= 15 is 0 Å². The predicted octanol–water partition coefficient (Wildman–Crippen LogP) is 3.33. The Bertz CT molecular complexity index is 549. The molecular formula is C18H29Cl2N3OS. The molecule has 0 spiro atoms.